The number of thioether (sulfide) groups is 1. The van der Waals surface area contributed by atoms with E-state index in [0.717, 1.165) is 5.03 Å². The second kappa shape index (κ2) is 7.12. The summed E-state index contributed by atoms with van der Waals surface area (Å²) in [6, 6.07) is 10.3. The molecule has 2 rings (SSSR count). The third-order valence-electron chi connectivity index (χ3n) is 2.30. The first-order valence-corrected chi connectivity index (χ1v) is 7.33. The molecule has 0 saturated carbocycles. The fourth-order valence-corrected chi connectivity index (χ4v) is 1.81. The average Bonchev–Trinajstić information content (AvgIpc) is 2.47. The molecule has 7 heteroatoms. The topological polar surface area (TPSA) is 64.1 Å². The van der Waals surface area contributed by atoms with Crippen LogP contribution in [-0.4, -0.2) is 29.0 Å². The van der Waals surface area contributed by atoms with Crippen molar-refractivity contribution in [2.45, 2.75) is 5.03 Å². The number of hydrogen-bond acceptors (Lipinski definition) is 5. The van der Waals surface area contributed by atoms with Gasteiger partial charge in [-0.15, -0.1) is 22.0 Å². The number of hydrogen-bond donors (Lipinski definition) is 1. The van der Waals surface area contributed by atoms with E-state index in [4.69, 9.17) is 16.3 Å². The third kappa shape index (κ3) is 4.40. The van der Waals surface area contributed by atoms with E-state index in [1.807, 2.05) is 6.26 Å². The third-order valence-corrected chi connectivity index (χ3v) is 3.19. The zero-order chi connectivity index (χ0) is 14.4. The number of halogens is 1. The molecule has 20 heavy (non-hydrogen) atoms. The van der Waals surface area contributed by atoms with Crippen molar-refractivity contribution in [2.75, 3.05) is 18.2 Å². The van der Waals surface area contributed by atoms with Crippen molar-refractivity contribution in [1.82, 2.24) is 10.2 Å². The van der Waals surface area contributed by atoms with Crippen molar-refractivity contribution >= 4 is 35.1 Å². The molecule has 0 fully saturated rings. The Kier molecular flexibility index (Phi) is 5.20. The smallest absolute Gasteiger partial charge is 0.263 e. The van der Waals surface area contributed by atoms with Gasteiger partial charge in [0.1, 0.15) is 10.8 Å². The lowest BCUT2D eigenvalue weighted by Crippen LogP contribution is -2.20. The Morgan fingerprint density at radius 1 is 1.25 bits per heavy atom. The lowest BCUT2D eigenvalue weighted by molar-refractivity contribution is -0.118. The minimum atomic E-state index is -0.300. The van der Waals surface area contributed by atoms with Gasteiger partial charge < -0.3 is 10.1 Å². The number of aromatic nitrogens is 2. The van der Waals surface area contributed by atoms with Gasteiger partial charge in [-0.1, -0.05) is 11.6 Å². The van der Waals surface area contributed by atoms with E-state index >= 15 is 0 Å². The second-order valence-electron chi connectivity index (χ2n) is 3.75. The standard InChI is InChI=1S/C13H12ClN3O2S/c1-20-13-7-6-11(16-17-13)15-12(18)8-19-10-4-2-9(14)3-5-10/h2-7H,8H2,1H3,(H,15,16,18). The van der Waals surface area contributed by atoms with Crippen LogP contribution in [0.3, 0.4) is 0 Å². The van der Waals surface area contributed by atoms with Crippen LogP contribution in [0, 0.1) is 0 Å². The number of carbonyl (C=O) groups excluding carboxylic acids is 1. The molecule has 0 aliphatic rings. The molecule has 0 saturated heterocycles. The van der Waals surface area contributed by atoms with E-state index in [-0.39, 0.29) is 12.5 Å². The van der Waals surface area contributed by atoms with Crippen molar-refractivity contribution in [1.29, 1.82) is 0 Å². The van der Waals surface area contributed by atoms with Gasteiger partial charge in [0.05, 0.1) is 0 Å². The van der Waals surface area contributed by atoms with E-state index in [1.54, 1.807) is 36.4 Å². The highest BCUT2D eigenvalue weighted by atomic mass is 35.5. The molecule has 0 radical (unpaired) electrons. The SMILES string of the molecule is CSc1ccc(NC(=O)COc2ccc(Cl)cc2)nn1. The maximum atomic E-state index is 11.7. The summed E-state index contributed by atoms with van der Waals surface area (Å²) in [4.78, 5) is 11.7. The Balaban J connectivity index is 1.84. The first-order valence-electron chi connectivity index (χ1n) is 5.73. The molecule has 0 atom stereocenters. The van der Waals surface area contributed by atoms with Gasteiger partial charge in [-0.05, 0) is 42.7 Å². The number of nitrogens with one attached hydrogen (secondary N) is 1. The van der Waals surface area contributed by atoms with Crippen molar-refractivity contribution in [2.24, 2.45) is 0 Å². The van der Waals surface area contributed by atoms with Crippen LogP contribution in [0.4, 0.5) is 5.82 Å². The van der Waals surface area contributed by atoms with Gasteiger partial charge in [0.15, 0.2) is 12.4 Å². The summed E-state index contributed by atoms with van der Waals surface area (Å²) >= 11 is 7.24. The summed E-state index contributed by atoms with van der Waals surface area (Å²) in [5.41, 5.74) is 0. The van der Waals surface area contributed by atoms with Gasteiger partial charge in [-0.25, -0.2) is 0 Å². The zero-order valence-corrected chi connectivity index (χ0v) is 12.2. The molecule has 1 N–H and O–H groups in total. The highest BCUT2D eigenvalue weighted by Gasteiger charge is 2.05. The highest BCUT2D eigenvalue weighted by Crippen LogP contribution is 2.15. The highest BCUT2D eigenvalue weighted by molar-refractivity contribution is 7.98. The maximum Gasteiger partial charge on any atom is 0.263 e. The molecule has 1 aromatic heterocycles. The minimum Gasteiger partial charge on any atom is -0.484 e. The molecule has 0 spiro atoms. The first kappa shape index (κ1) is 14.6. The summed E-state index contributed by atoms with van der Waals surface area (Å²) in [6.07, 6.45) is 1.90. The fraction of sp³-hybridized carbons (Fsp3) is 0.154. The van der Waals surface area contributed by atoms with Gasteiger partial charge >= 0.3 is 0 Å². The predicted molar refractivity (Wildman–Crippen MR) is 79.4 cm³/mol. The molecular formula is C13H12ClN3O2S. The molecule has 5 nitrogen and oxygen atoms in total. The van der Waals surface area contributed by atoms with E-state index in [0.29, 0.717) is 16.6 Å². The van der Waals surface area contributed by atoms with E-state index in [2.05, 4.69) is 15.5 Å². The van der Waals surface area contributed by atoms with E-state index < -0.39 is 0 Å². The molecule has 104 valence electrons. The average molecular weight is 310 g/mol. The minimum absolute atomic E-state index is 0.104. The van der Waals surface area contributed by atoms with Crippen LogP contribution in [0.1, 0.15) is 0 Å². The number of carbonyl (C=O) groups is 1. The Hall–Kier alpha value is -1.79. The summed E-state index contributed by atoms with van der Waals surface area (Å²) < 4.78 is 5.32. The van der Waals surface area contributed by atoms with Crippen molar-refractivity contribution < 1.29 is 9.53 Å². The number of rotatable bonds is 5. The number of benzene rings is 1. The molecule has 1 aromatic carbocycles. The molecule has 0 aliphatic heterocycles. The molecule has 1 heterocycles. The van der Waals surface area contributed by atoms with Crippen LogP contribution < -0.4 is 10.1 Å². The second-order valence-corrected chi connectivity index (χ2v) is 5.01. The summed E-state index contributed by atoms with van der Waals surface area (Å²) in [5, 5.41) is 11.8. The first-order chi connectivity index (χ1) is 9.67. The van der Waals surface area contributed by atoms with E-state index in [1.165, 1.54) is 11.8 Å². The number of anilines is 1. The van der Waals surface area contributed by atoms with Gasteiger partial charge in [0.2, 0.25) is 0 Å². The Bertz CT molecular complexity index is 575. The molecule has 1 amide bonds. The van der Waals surface area contributed by atoms with Crippen molar-refractivity contribution in [3.05, 3.63) is 41.4 Å². The Morgan fingerprint density at radius 2 is 2.00 bits per heavy atom. The van der Waals surface area contributed by atoms with Crippen LogP contribution in [0.2, 0.25) is 5.02 Å². The Morgan fingerprint density at radius 3 is 2.60 bits per heavy atom. The zero-order valence-electron chi connectivity index (χ0n) is 10.7. The largest absolute Gasteiger partial charge is 0.484 e. The lowest BCUT2D eigenvalue weighted by Gasteiger charge is -2.06. The molecule has 0 bridgehead atoms. The quantitative estimate of drug-likeness (QED) is 0.860. The lowest BCUT2D eigenvalue weighted by atomic mass is 10.3. The van der Waals surface area contributed by atoms with Gasteiger partial charge in [-0.3, -0.25) is 4.79 Å². The van der Waals surface area contributed by atoms with Gasteiger partial charge in [-0.2, -0.15) is 0 Å². The summed E-state index contributed by atoms with van der Waals surface area (Å²) in [6.45, 7) is -0.104. The van der Waals surface area contributed by atoms with Crippen molar-refractivity contribution in [3.63, 3.8) is 0 Å². The number of ether oxygens (including phenoxy) is 1. The molecule has 2 aromatic rings. The van der Waals surface area contributed by atoms with E-state index in [9.17, 15) is 4.79 Å². The van der Waals surface area contributed by atoms with Gasteiger partial charge in [0, 0.05) is 5.02 Å². The van der Waals surface area contributed by atoms with Crippen LogP contribution in [0.15, 0.2) is 41.4 Å². The van der Waals surface area contributed by atoms with Crippen LogP contribution in [-0.2, 0) is 4.79 Å². The predicted octanol–water partition coefficient (Wildman–Crippen LogP) is 2.87. The maximum absolute atomic E-state index is 11.7. The van der Waals surface area contributed by atoms with Crippen LogP contribution in [0.5, 0.6) is 5.75 Å². The van der Waals surface area contributed by atoms with Crippen LogP contribution >= 0.6 is 23.4 Å². The molecule has 0 unspecified atom stereocenters. The van der Waals surface area contributed by atoms with Crippen LogP contribution in [0.25, 0.3) is 0 Å². The fourth-order valence-electron chi connectivity index (χ4n) is 1.35. The summed E-state index contributed by atoms with van der Waals surface area (Å²) in [7, 11) is 0. The molecular weight excluding hydrogens is 298 g/mol. The normalized spacial score (nSPS) is 10.1. The number of amides is 1. The Labute approximate surface area is 125 Å². The molecule has 0 aliphatic carbocycles. The van der Waals surface area contributed by atoms with Crippen molar-refractivity contribution in [3.8, 4) is 5.75 Å². The monoisotopic (exact) mass is 309 g/mol. The van der Waals surface area contributed by atoms with Gasteiger partial charge in [0.25, 0.3) is 5.91 Å². The summed E-state index contributed by atoms with van der Waals surface area (Å²) in [5.74, 6) is 0.673. The number of nitrogens with zero attached hydrogens (tertiary/aromatic N) is 2.